The Bertz CT molecular complexity index is 268. The molecule has 0 amide bonds. The van der Waals surface area contributed by atoms with Crippen molar-refractivity contribution in [3.63, 3.8) is 0 Å². The van der Waals surface area contributed by atoms with Crippen LogP contribution in [0, 0.1) is 0 Å². The zero-order valence-electron chi connectivity index (χ0n) is 5.42. The molecule has 1 saturated heterocycles. The average Bonchev–Trinajstić information content (AvgIpc) is 2.70. The van der Waals surface area contributed by atoms with Gasteiger partial charge in [-0.1, -0.05) is 23.2 Å². The predicted molar refractivity (Wildman–Crippen MR) is 40.7 cm³/mol. The number of epoxide rings is 1. The molecular weight excluding hydrogens is 187 g/mol. The van der Waals surface area contributed by atoms with Crippen molar-refractivity contribution in [1.82, 2.24) is 9.97 Å². The van der Waals surface area contributed by atoms with Crippen molar-refractivity contribution in [3.8, 4) is 0 Å². The van der Waals surface area contributed by atoms with Crippen molar-refractivity contribution in [2.24, 2.45) is 0 Å². The van der Waals surface area contributed by atoms with Gasteiger partial charge in [0.05, 0.1) is 12.2 Å². The molecule has 58 valence electrons. The lowest BCUT2D eigenvalue weighted by Gasteiger charge is -1.98. The first-order valence-corrected chi connectivity index (χ1v) is 3.82. The Balaban J connectivity index is 2.48. The molecule has 2 rings (SSSR count). The molecule has 2 heterocycles. The minimum absolute atomic E-state index is 0.0104. The van der Waals surface area contributed by atoms with E-state index in [0.29, 0.717) is 22.5 Å². The molecule has 5 heteroatoms. The normalized spacial score (nSPS) is 21.8. The van der Waals surface area contributed by atoms with Gasteiger partial charge >= 0.3 is 0 Å². The van der Waals surface area contributed by atoms with Gasteiger partial charge in [-0.05, 0) is 0 Å². The second-order valence-corrected chi connectivity index (χ2v) is 2.91. The summed E-state index contributed by atoms with van der Waals surface area (Å²) in [6.45, 7) is 0.660. The maximum Gasteiger partial charge on any atom is 0.139 e. The molecule has 1 fully saturated rings. The van der Waals surface area contributed by atoms with Crippen LogP contribution in [0.25, 0.3) is 0 Å². The van der Waals surface area contributed by atoms with E-state index in [1.54, 1.807) is 0 Å². The number of nitrogens with zero attached hydrogens (tertiary/aromatic N) is 2. The second kappa shape index (κ2) is 2.59. The molecule has 0 bridgehead atoms. The van der Waals surface area contributed by atoms with Gasteiger partial charge < -0.3 is 4.74 Å². The van der Waals surface area contributed by atoms with Crippen molar-refractivity contribution < 1.29 is 4.74 Å². The fourth-order valence-corrected chi connectivity index (χ4v) is 1.39. The second-order valence-electron chi connectivity index (χ2n) is 2.19. The highest BCUT2D eigenvalue weighted by molar-refractivity contribution is 6.34. The number of aromatic nitrogens is 2. The fraction of sp³-hybridized carbons (Fsp3) is 0.333. The summed E-state index contributed by atoms with van der Waals surface area (Å²) >= 11 is 11.5. The van der Waals surface area contributed by atoms with Crippen LogP contribution in [0.3, 0.4) is 0 Å². The number of hydrogen-bond acceptors (Lipinski definition) is 3. The molecule has 1 aromatic rings. The highest BCUT2D eigenvalue weighted by atomic mass is 35.5. The lowest BCUT2D eigenvalue weighted by atomic mass is 10.3. The molecule has 0 radical (unpaired) electrons. The van der Waals surface area contributed by atoms with E-state index in [-0.39, 0.29) is 6.10 Å². The highest BCUT2D eigenvalue weighted by Gasteiger charge is 2.30. The summed E-state index contributed by atoms with van der Waals surface area (Å²) < 4.78 is 5.01. The summed E-state index contributed by atoms with van der Waals surface area (Å²) in [5.74, 6) is 0. The molecule has 1 aliphatic rings. The standard InChI is InChI=1S/C6H4Cl2N2O/c7-5-4(3-1-11-3)6(8)10-2-9-5/h2-3H,1H2/t3-/m0/s1. The van der Waals surface area contributed by atoms with Crippen molar-refractivity contribution in [2.75, 3.05) is 6.61 Å². The maximum atomic E-state index is 5.75. The Labute approximate surface area is 73.3 Å². The van der Waals surface area contributed by atoms with Gasteiger partial charge in [-0.3, -0.25) is 0 Å². The van der Waals surface area contributed by atoms with Crippen molar-refractivity contribution in [3.05, 3.63) is 22.2 Å². The lowest BCUT2D eigenvalue weighted by Crippen LogP contribution is -1.90. The Morgan fingerprint density at radius 1 is 1.36 bits per heavy atom. The van der Waals surface area contributed by atoms with Crippen LogP contribution in [0.5, 0.6) is 0 Å². The van der Waals surface area contributed by atoms with Crippen molar-refractivity contribution in [2.45, 2.75) is 6.10 Å². The third-order valence-corrected chi connectivity index (χ3v) is 2.04. The Morgan fingerprint density at radius 2 is 1.91 bits per heavy atom. The lowest BCUT2D eigenvalue weighted by molar-refractivity contribution is 0.415. The van der Waals surface area contributed by atoms with Crippen LogP contribution in [0.4, 0.5) is 0 Å². The van der Waals surface area contributed by atoms with E-state index in [4.69, 9.17) is 27.9 Å². The van der Waals surface area contributed by atoms with Gasteiger partial charge in [0.2, 0.25) is 0 Å². The molecule has 11 heavy (non-hydrogen) atoms. The first kappa shape index (κ1) is 7.28. The smallest absolute Gasteiger partial charge is 0.139 e. The third kappa shape index (κ3) is 1.31. The van der Waals surface area contributed by atoms with Gasteiger partial charge in [0.25, 0.3) is 0 Å². The van der Waals surface area contributed by atoms with Crippen LogP contribution in [0.1, 0.15) is 11.7 Å². The van der Waals surface area contributed by atoms with E-state index in [1.165, 1.54) is 6.33 Å². The van der Waals surface area contributed by atoms with Gasteiger partial charge in [-0.2, -0.15) is 0 Å². The SMILES string of the molecule is Clc1ncnc(Cl)c1[C@@H]1CO1. The Kier molecular flexibility index (Phi) is 1.71. The summed E-state index contributed by atoms with van der Waals surface area (Å²) in [7, 11) is 0. The number of halogens is 2. The largest absolute Gasteiger partial charge is 0.368 e. The van der Waals surface area contributed by atoms with Crippen LogP contribution in [-0.4, -0.2) is 16.6 Å². The van der Waals surface area contributed by atoms with Crippen LogP contribution >= 0.6 is 23.2 Å². The molecule has 0 aliphatic carbocycles. The summed E-state index contributed by atoms with van der Waals surface area (Å²) in [5.41, 5.74) is 0.704. The molecule has 0 N–H and O–H groups in total. The van der Waals surface area contributed by atoms with Crippen LogP contribution in [0.2, 0.25) is 10.3 Å². The Morgan fingerprint density at radius 3 is 2.36 bits per heavy atom. The van der Waals surface area contributed by atoms with Gasteiger partial charge in [-0.25, -0.2) is 9.97 Å². The predicted octanol–water partition coefficient (Wildman–Crippen LogP) is 1.85. The van der Waals surface area contributed by atoms with E-state index in [2.05, 4.69) is 9.97 Å². The molecule has 0 spiro atoms. The van der Waals surface area contributed by atoms with E-state index in [9.17, 15) is 0 Å². The Hall–Kier alpha value is -0.380. The van der Waals surface area contributed by atoms with Crippen LogP contribution in [-0.2, 0) is 4.74 Å². The van der Waals surface area contributed by atoms with Gasteiger partial charge in [-0.15, -0.1) is 0 Å². The van der Waals surface area contributed by atoms with Gasteiger partial charge in [0.15, 0.2) is 0 Å². The first-order chi connectivity index (χ1) is 5.29. The number of ether oxygens (including phenoxy) is 1. The minimum atomic E-state index is 0.0104. The van der Waals surface area contributed by atoms with E-state index >= 15 is 0 Å². The van der Waals surface area contributed by atoms with E-state index in [1.807, 2.05) is 0 Å². The molecule has 1 aromatic heterocycles. The zero-order chi connectivity index (χ0) is 7.84. The van der Waals surface area contributed by atoms with Crippen LogP contribution in [0.15, 0.2) is 6.33 Å². The third-order valence-electron chi connectivity index (χ3n) is 1.44. The van der Waals surface area contributed by atoms with Crippen molar-refractivity contribution in [1.29, 1.82) is 0 Å². The zero-order valence-corrected chi connectivity index (χ0v) is 6.93. The maximum absolute atomic E-state index is 5.75. The van der Waals surface area contributed by atoms with E-state index in [0.717, 1.165) is 0 Å². The number of hydrogen-bond donors (Lipinski definition) is 0. The summed E-state index contributed by atoms with van der Waals surface area (Å²) in [6, 6.07) is 0. The number of rotatable bonds is 1. The topological polar surface area (TPSA) is 38.3 Å². The summed E-state index contributed by atoms with van der Waals surface area (Å²) in [4.78, 5) is 7.58. The van der Waals surface area contributed by atoms with Gasteiger partial charge in [0, 0.05) is 0 Å². The first-order valence-electron chi connectivity index (χ1n) is 3.06. The minimum Gasteiger partial charge on any atom is -0.368 e. The van der Waals surface area contributed by atoms with Gasteiger partial charge in [0.1, 0.15) is 22.7 Å². The van der Waals surface area contributed by atoms with E-state index < -0.39 is 0 Å². The molecule has 0 unspecified atom stereocenters. The van der Waals surface area contributed by atoms with Crippen molar-refractivity contribution >= 4 is 23.2 Å². The molecule has 1 aliphatic heterocycles. The summed E-state index contributed by atoms with van der Waals surface area (Å²) in [5, 5.41) is 0.764. The average molecular weight is 191 g/mol. The molecule has 0 aromatic carbocycles. The molecule has 0 saturated carbocycles. The highest BCUT2D eigenvalue weighted by Crippen LogP contribution is 2.37. The quantitative estimate of drug-likeness (QED) is 0.502. The molecular formula is C6H4Cl2N2O. The molecule has 1 atom stereocenters. The monoisotopic (exact) mass is 190 g/mol. The van der Waals surface area contributed by atoms with Crippen LogP contribution < -0.4 is 0 Å². The summed E-state index contributed by atoms with van der Waals surface area (Å²) in [6.07, 6.45) is 1.34. The molecule has 3 nitrogen and oxygen atoms in total. The fourth-order valence-electron chi connectivity index (χ4n) is 0.835.